The van der Waals surface area contributed by atoms with Crippen LogP contribution in [0.4, 0.5) is 13.2 Å². The molecule has 1 heterocycles. The van der Waals surface area contributed by atoms with Gasteiger partial charge in [-0.05, 0) is 32.8 Å². The molecule has 0 amide bonds. The standard InChI is InChI=1S/C13H17F3N2O2/c1-8(2)20-6-5-18-12(19)10(13(14,15)16)7-11(17-18)9-3-4-9/h7-9H,3-6H2,1-2H3. The Balaban J connectivity index is 2.29. The van der Waals surface area contributed by atoms with Crippen molar-refractivity contribution in [1.29, 1.82) is 0 Å². The average molecular weight is 290 g/mol. The second-order valence-corrected chi connectivity index (χ2v) is 5.20. The molecule has 0 radical (unpaired) electrons. The molecule has 20 heavy (non-hydrogen) atoms. The molecule has 0 aromatic carbocycles. The fraction of sp³-hybridized carbons (Fsp3) is 0.692. The minimum atomic E-state index is -4.65. The molecular formula is C13H17F3N2O2. The molecule has 7 heteroatoms. The third kappa shape index (κ3) is 3.59. The first-order valence-electron chi connectivity index (χ1n) is 6.60. The summed E-state index contributed by atoms with van der Waals surface area (Å²) in [5.41, 5.74) is -1.89. The van der Waals surface area contributed by atoms with Gasteiger partial charge in [-0.25, -0.2) is 4.68 Å². The monoisotopic (exact) mass is 290 g/mol. The molecule has 1 aromatic heterocycles. The van der Waals surface area contributed by atoms with E-state index in [0.29, 0.717) is 5.69 Å². The number of aromatic nitrogens is 2. The summed E-state index contributed by atoms with van der Waals surface area (Å²) in [4.78, 5) is 11.8. The lowest BCUT2D eigenvalue weighted by molar-refractivity contribution is -0.139. The van der Waals surface area contributed by atoms with E-state index in [9.17, 15) is 18.0 Å². The SMILES string of the molecule is CC(C)OCCn1nc(C2CC2)cc(C(F)(F)F)c1=O. The molecule has 1 aliphatic rings. The van der Waals surface area contributed by atoms with Crippen molar-refractivity contribution in [3.05, 3.63) is 27.7 Å². The average Bonchev–Trinajstić information content (AvgIpc) is 3.13. The van der Waals surface area contributed by atoms with Crippen molar-refractivity contribution in [3.63, 3.8) is 0 Å². The number of hydrogen-bond donors (Lipinski definition) is 0. The van der Waals surface area contributed by atoms with Crippen LogP contribution in [0.25, 0.3) is 0 Å². The van der Waals surface area contributed by atoms with Crippen LogP contribution >= 0.6 is 0 Å². The number of ether oxygens (including phenoxy) is 1. The van der Waals surface area contributed by atoms with Crippen LogP contribution in [0.1, 0.15) is 43.9 Å². The van der Waals surface area contributed by atoms with E-state index in [2.05, 4.69) is 5.10 Å². The molecule has 1 saturated carbocycles. The van der Waals surface area contributed by atoms with Gasteiger partial charge in [-0.15, -0.1) is 0 Å². The Labute approximate surface area is 114 Å². The zero-order valence-corrected chi connectivity index (χ0v) is 11.4. The first-order valence-corrected chi connectivity index (χ1v) is 6.60. The smallest absolute Gasteiger partial charge is 0.377 e. The predicted molar refractivity (Wildman–Crippen MR) is 66.6 cm³/mol. The summed E-state index contributed by atoms with van der Waals surface area (Å²) in [6.45, 7) is 3.83. The summed E-state index contributed by atoms with van der Waals surface area (Å²) in [5.74, 6) is 0.0500. The second-order valence-electron chi connectivity index (χ2n) is 5.20. The van der Waals surface area contributed by atoms with Crippen LogP contribution in [0.3, 0.4) is 0 Å². The van der Waals surface area contributed by atoms with Gasteiger partial charge in [0, 0.05) is 5.92 Å². The highest BCUT2D eigenvalue weighted by atomic mass is 19.4. The van der Waals surface area contributed by atoms with Crippen molar-refractivity contribution >= 4 is 0 Å². The maximum Gasteiger partial charge on any atom is 0.421 e. The molecule has 1 aliphatic carbocycles. The van der Waals surface area contributed by atoms with E-state index in [1.807, 2.05) is 13.8 Å². The van der Waals surface area contributed by atoms with E-state index in [1.165, 1.54) is 0 Å². The molecule has 0 aliphatic heterocycles. The predicted octanol–water partition coefficient (Wildman–Crippen LogP) is 2.56. The lowest BCUT2D eigenvalue weighted by atomic mass is 10.2. The van der Waals surface area contributed by atoms with Crippen molar-refractivity contribution < 1.29 is 17.9 Å². The highest BCUT2D eigenvalue weighted by Gasteiger charge is 2.37. The highest BCUT2D eigenvalue weighted by Crippen LogP contribution is 2.40. The summed E-state index contributed by atoms with van der Waals surface area (Å²) in [7, 11) is 0. The van der Waals surface area contributed by atoms with Gasteiger partial charge in [-0.1, -0.05) is 0 Å². The molecule has 2 rings (SSSR count). The second kappa shape index (κ2) is 5.55. The fourth-order valence-electron chi connectivity index (χ4n) is 1.87. The minimum absolute atomic E-state index is 0.0284. The molecule has 0 saturated heterocycles. The first-order chi connectivity index (χ1) is 9.29. The number of alkyl halides is 3. The lowest BCUT2D eigenvalue weighted by Gasteiger charge is -2.13. The van der Waals surface area contributed by atoms with E-state index < -0.39 is 17.3 Å². The Morgan fingerprint density at radius 1 is 1.45 bits per heavy atom. The molecule has 0 atom stereocenters. The van der Waals surface area contributed by atoms with Crippen LogP contribution in [0, 0.1) is 0 Å². The van der Waals surface area contributed by atoms with Crippen LogP contribution in [0.5, 0.6) is 0 Å². The van der Waals surface area contributed by atoms with Gasteiger partial charge in [0.2, 0.25) is 0 Å². The molecule has 1 aromatic rings. The third-order valence-corrected chi connectivity index (χ3v) is 3.05. The normalized spacial score (nSPS) is 15.9. The lowest BCUT2D eigenvalue weighted by Crippen LogP contribution is -2.32. The molecule has 0 spiro atoms. The van der Waals surface area contributed by atoms with E-state index in [0.717, 1.165) is 23.6 Å². The van der Waals surface area contributed by atoms with Gasteiger partial charge in [0.05, 0.1) is 24.9 Å². The highest BCUT2D eigenvalue weighted by molar-refractivity contribution is 5.22. The van der Waals surface area contributed by atoms with Crippen LogP contribution in [-0.4, -0.2) is 22.5 Å². The van der Waals surface area contributed by atoms with Crippen LogP contribution in [0.2, 0.25) is 0 Å². The number of halogens is 3. The Bertz CT molecular complexity index is 533. The van der Waals surface area contributed by atoms with Crippen molar-refractivity contribution in [2.75, 3.05) is 6.61 Å². The summed E-state index contributed by atoms with van der Waals surface area (Å²) in [5, 5.41) is 4.03. The first kappa shape index (κ1) is 15.0. The Hall–Kier alpha value is -1.37. The van der Waals surface area contributed by atoms with Crippen molar-refractivity contribution in [2.24, 2.45) is 0 Å². The molecular weight excluding hydrogens is 273 g/mol. The van der Waals surface area contributed by atoms with Crippen molar-refractivity contribution in [2.45, 2.75) is 51.4 Å². The molecule has 1 fully saturated rings. The van der Waals surface area contributed by atoms with Gasteiger partial charge < -0.3 is 4.74 Å². The maximum atomic E-state index is 12.9. The largest absolute Gasteiger partial charge is 0.421 e. The van der Waals surface area contributed by atoms with E-state index in [-0.39, 0.29) is 25.2 Å². The van der Waals surface area contributed by atoms with Gasteiger partial charge in [0.25, 0.3) is 5.56 Å². The quantitative estimate of drug-likeness (QED) is 0.837. The van der Waals surface area contributed by atoms with Crippen molar-refractivity contribution in [3.8, 4) is 0 Å². The summed E-state index contributed by atoms with van der Waals surface area (Å²) in [6.07, 6.45) is -3.04. The summed E-state index contributed by atoms with van der Waals surface area (Å²) < 4.78 is 44.7. The van der Waals surface area contributed by atoms with E-state index >= 15 is 0 Å². The third-order valence-electron chi connectivity index (χ3n) is 3.05. The Morgan fingerprint density at radius 3 is 2.60 bits per heavy atom. The Kier molecular flexibility index (Phi) is 4.17. The van der Waals surface area contributed by atoms with Gasteiger partial charge in [-0.3, -0.25) is 4.79 Å². The van der Waals surface area contributed by atoms with Crippen molar-refractivity contribution in [1.82, 2.24) is 9.78 Å². The van der Waals surface area contributed by atoms with E-state index in [1.54, 1.807) is 0 Å². The number of nitrogens with zero attached hydrogens (tertiary/aromatic N) is 2. The van der Waals surface area contributed by atoms with Gasteiger partial charge in [0.1, 0.15) is 5.56 Å². The maximum absolute atomic E-state index is 12.9. The van der Waals surface area contributed by atoms with Gasteiger partial charge in [-0.2, -0.15) is 18.3 Å². The number of hydrogen-bond acceptors (Lipinski definition) is 3. The van der Waals surface area contributed by atoms with Crippen LogP contribution in [-0.2, 0) is 17.5 Å². The molecule has 0 N–H and O–H groups in total. The van der Waals surface area contributed by atoms with E-state index in [4.69, 9.17) is 4.74 Å². The zero-order chi connectivity index (χ0) is 14.9. The van der Waals surface area contributed by atoms with Crippen LogP contribution < -0.4 is 5.56 Å². The summed E-state index contributed by atoms with van der Waals surface area (Å²) >= 11 is 0. The molecule has 0 unspecified atom stereocenters. The zero-order valence-electron chi connectivity index (χ0n) is 11.4. The van der Waals surface area contributed by atoms with Crippen LogP contribution in [0.15, 0.2) is 10.9 Å². The van der Waals surface area contributed by atoms with Gasteiger partial charge in [0.15, 0.2) is 0 Å². The van der Waals surface area contributed by atoms with Gasteiger partial charge >= 0.3 is 6.18 Å². The fourth-order valence-corrected chi connectivity index (χ4v) is 1.87. The Morgan fingerprint density at radius 2 is 2.10 bits per heavy atom. The minimum Gasteiger partial charge on any atom is -0.377 e. The molecule has 112 valence electrons. The molecule has 0 bridgehead atoms. The summed E-state index contributed by atoms with van der Waals surface area (Å²) in [6, 6.07) is 0.889. The topological polar surface area (TPSA) is 44.1 Å². The molecule has 4 nitrogen and oxygen atoms in total. The number of rotatable bonds is 5.